The van der Waals surface area contributed by atoms with Gasteiger partial charge in [0.15, 0.2) is 0 Å². The largest absolute Gasteiger partial charge is 0.468 e. The summed E-state index contributed by atoms with van der Waals surface area (Å²) in [6, 6.07) is 15.7. The molecule has 0 fully saturated rings. The van der Waals surface area contributed by atoms with Crippen LogP contribution in [-0.4, -0.2) is 24.6 Å². The Hall–Kier alpha value is -2.33. The Labute approximate surface area is 128 Å². The maximum Gasteiger partial charge on any atom is 0.325 e. The van der Waals surface area contributed by atoms with Gasteiger partial charge in [0.1, 0.15) is 6.54 Å². The number of rotatable bonds is 3. The molecule has 0 saturated carbocycles. The van der Waals surface area contributed by atoms with Crippen molar-refractivity contribution in [3.05, 3.63) is 48.5 Å². The topological polar surface area (TPSA) is 51.2 Å². The normalized spacial score (nSPS) is 10.1. The van der Waals surface area contributed by atoms with E-state index >= 15 is 0 Å². The van der Waals surface area contributed by atoms with E-state index in [1.807, 2.05) is 48.5 Å². The van der Waals surface area contributed by atoms with Crippen LogP contribution in [0.25, 0.3) is 21.8 Å². The van der Waals surface area contributed by atoms with Crippen molar-refractivity contribution in [1.82, 2.24) is 4.98 Å². The zero-order valence-electron chi connectivity index (χ0n) is 11.5. The first-order valence-electron chi connectivity index (χ1n) is 6.38. The standard InChI is InChI=1S/C16H14N2O2.ClH/c1-20-15(19)10-17-16-11-6-2-4-8-13(11)18-14-9-5-3-7-12(14)16;/h2-9H,10H2,1H3,(H,17,18);1H. The number of halogens is 1. The number of anilines is 1. The molecular weight excluding hydrogens is 288 g/mol. The van der Waals surface area contributed by atoms with Gasteiger partial charge in [-0.05, 0) is 12.1 Å². The summed E-state index contributed by atoms with van der Waals surface area (Å²) in [5, 5.41) is 5.16. The fourth-order valence-electron chi connectivity index (χ4n) is 2.26. The molecule has 0 amide bonds. The number of nitrogens with zero attached hydrogens (tertiary/aromatic N) is 1. The van der Waals surface area contributed by atoms with Crippen molar-refractivity contribution in [2.75, 3.05) is 19.0 Å². The molecular formula is C16H15ClN2O2. The number of fused-ring (bicyclic) bond motifs is 2. The number of pyridine rings is 1. The number of hydrogen-bond donors (Lipinski definition) is 1. The second-order valence-electron chi connectivity index (χ2n) is 4.45. The highest BCUT2D eigenvalue weighted by Gasteiger charge is 2.09. The summed E-state index contributed by atoms with van der Waals surface area (Å²) in [5.74, 6) is -0.296. The molecule has 2 aromatic carbocycles. The third-order valence-corrected chi connectivity index (χ3v) is 3.22. The first kappa shape index (κ1) is 15.1. The fraction of sp³-hybridized carbons (Fsp3) is 0.125. The maximum absolute atomic E-state index is 11.4. The number of benzene rings is 2. The molecule has 0 bridgehead atoms. The quantitative estimate of drug-likeness (QED) is 0.595. The summed E-state index contributed by atoms with van der Waals surface area (Å²) in [5.41, 5.74) is 2.72. The molecule has 0 aliphatic heterocycles. The molecule has 4 nitrogen and oxygen atoms in total. The summed E-state index contributed by atoms with van der Waals surface area (Å²) < 4.78 is 4.68. The Morgan fingerprint density at radius 2 is 1.57 bits per heavy atom. The van der Waals surface area contributed by atoms with Gasteiger partial charge in [-0.2, -0.15) is 0 Å². The van der Waals surface area contributed by atoms with Crippen LogP contribution in [0.5, 0.6) is 0 Å². The fourth-order valence-corrected chi connectivity index (χ4v) is 2.26. The Morgan fingerprint density at radius 1 is 1.05 bits per heavy atom. The van der Waals surface area contributed by atoms with E-state index in [2.05, 4.69) is 15.0 Å². The zero-order valence-corrected chi connectivity index (χ0v) is 12.3. The van der Waals surface area contributed by atoms with Gasteiger partial charge >= 0.3 is 5.97 Å². The van der Waals surface area contributed by atoms with Crippen molar-refractivity contribution in [3.63, 3.8) is 0 Å². The van der Waals surface area contributed by atoms with Crippen LogP contribution in [0, 0.1) is 0 Å². The monoisotopic (exact) mass is 302 g/mol. The summed E-state index contributed by atoms with van der Waals surface area (Å²) in [6.45, 7) is 0.133. The van der Waals surface area contributed by atoms with Gasteiger partial charge in [-0.15, -0.1) is 12.4 Å². The molecule has 3 rings (SSSR count). The molecule has 21 heavy (non-hydrogen) atoms. The van der Waals surface area contributed by atoms with E-state index in [1.165, 1.54) is 7.11 Å². The van der Waals surface area contributed by atoms with Crippen molar-refractivity contribution >= 4 is 45.9 Å². The average molecular weight is 303 g/mol. The number of nitrogens with one attached hydrogen (secondary N) is 1. The minimum atomic E-state index is -0.296. The van der Waals surface area contributed by atoms with Crippen LogP contribution < -0.4 is 5.32 Å². The van der Waals surface area contributed by atoms with Gasteiger partial charge in [0.05, 0.1) is 23.8 Å². The van der Waals surface area contributed by atoms with E-state index in [0.29, 0.717) is 0 Å². The molecule has 108 valence electrons. The van der Waals surface area contributed by atoms with Crippen molar-refractivity contribution in [2.45, 2.75) is 0 Å². The summed E-state index contributed by atoms with van der Waals surface area (Å²) in [4.78, 5) is 16.0. The van der Waals surface area contributed by atoms with Crippen LogP contribution in [0.1, 0.15) is 0 Å². The lowest BCUT2D eigenvalue weighted by molar-refractivity contribution is -0.138. The van der Waals surface area contributed by atoms with Crippen LogP contribution in [-0.2, 0) is 9.53 Å². The molecule has 5 heteroatoms. The molecule has 1 heterocycles. The van der Waals surface area contributed by atoms with Crippen LogP contribution in [0.2, 0.25) is 0 Å². The number of carbonyl (C=O) groups excluding carboxylic acids is 1. The summed E-state index contributed by atoms with van der Waals surface area (Å²) >= 11 is 0. The second kappa shape index (κ2) is 6.41. The van der Waals surface area contributed by atoms with Crippen LogP contribution in [0.4, 0.5) is 5.69 Å². The molecule has 0 aliphatic carbocycles. The van der Waals surface area contributed by atoms with Crippen LogP contribution in [0.3, 0.4) is 0 Å². The molecule has 0 aliphatic rings. The van der Waals surface area contributed by atoms with Crippen molar-refractivity contribution in [2.24, 2.45) is 0 Å². The highest BCUT2D eigenvalue weighted by Crippen LogP contribution is 2.30. The van der Waals surface area contributed by atoms with Gasteiger partial charge in [0.2, 0.25) is 0 Å². The lowest BCUT2D eigenvalue weighted by Gasteiger charge is -2.12. The van der Waals surface area contributed by atoms with Gasteiger partial charge in [0, 0.05) is 10.8 Å². The molecule has 1 aromatic heterocycles. The number of esters is 1. The predicted octanol–water partition coefficient (Wildman–Crippen LogP) is 3.39. The van der Waals surface area contributed by atoms with Gasteiger partial charge in [-0.3, -0.25) is 4.79 Å². The zero-order chi connectivity index (χ0) is 13.9. The number of hydrogen-bond acceptors (Lipinski definition) is 4. The average Bonchev–Trinajstić information content (AvgIpc) is 2.51. The number of carbonyl (C=O) groups is 1. The van der Waals surface area contributed by atoms with E-state index in [0.717, 1.165) is 27.5 Å². The SMILES string of the molecule is COC(=O)CNc1c2ccccc2nc2ccccc12.Cl. The van der Waals surface area contributed by atoms with E-state index in [1.54, 1.807) is 0 Å². The van der Waals surface area contributed by atoms with E-state index in [4.69, 9.17) is 0 Å². The Morgan fingerprint density at radius 3 is 2.10 bits per heavy atom. The molecule has 0 spiro atoms. The number of para-hydroxylation sites is 2. The van der Waals surface area contributed by atoms with Gasteiger partial charge in [-0.25, -0.2) is 4.98 Å². The van der Waals surface area contributed by atoms with Crippen LogP contribution in [0.15, 0.2) is 48.5 Å². The molecule has 3 aromatic rings. The molecule has 0 unspecified atom stereocenters. The molecule has 1 N–H and O–H groups in total. The van der Waals surface area contributed by atoms with Crippen molar-refractivity contribution in [3.8, 4) is 0 Å². The highest BCUT2D eigenvalue weighted by molar-refractivity contribution is 6.07. The third kappa shape index (κ3) is 2.90. The lowest BCUT2D eigenvalue weighted by Crippen LogP contribution is -2.15. The summed E-state index contributed by atoms with van der Waals surface area (Å²) in [6.07, 6.45) is 0. The minimum Gasteiger partial charge on any atom is -0.468 e. The molecule has 0 atom stereocenters. The summed E-state index contributed by atoms with van der Waals surface area (Å²) in [7, 11) is 1.38. The Balaban J connectivity index is 0.00000161. The van der Waals surface area contributed by atoms with Crippen LogP contribution >= 0.6 is 12.4 Å². The first-order chi connectivity index (χ1) is 9.79. The Bertz CT molecular complexity index is 735. The van der Waals surface area contributed by atoms with E-state index in [-0.39, 0.29) is 24.9 Å². The van der Waals surface area contributed by atoms with E-state index < -0.39 is 0 Å². The first-order valence-corrected chi connectivity index (χ1v) is 6.38. The highest BCUT2D eigenvalue weighted by atomic mass is 35.5. The molecule has 0 radical (unpaired) electrons. The second-order valence-corrected chi connectivity index (χ2v) is 4.45. The van der Waals surface area contributed by atoms with E-state index in [9.17, 15) is 4.79 Å². The van der Waals surface area contributed by atoms with Gasteiger partial charge in [0.25, 0.3) is 0 Å². The maximum atomic E-state index is 11.4. The number of methoxy groups -OCH3 is 1. The lowest BCUT2D eigenvalue weighted by atomic mass is 10.1. The van der Waals surface area contributed by atoms with Gasteiger partial charge < -0.3 is 10.1 Å². The van der Waals surface area contributed by atoms with Crippen molar-refractivity contribution in [1.29, 1.82) is 0 Å². The Kier molecular flexibility index (Phi) is 4.60. The third-order valence-electron chi connectivity index (χ3n) is 3.22. The minimum absolute atomic E-state index is 0. The van der Waals surface area contributed by atoms with Gasteiger partial charge in [-0.1, -0.05) is 36.4 Å². The number of ether oxygens (including phenoxy) is 1. The predicted molar refractivity (Wildman–Crippen MR) is 87.0 cm³/mol. The molecule has 0 saturated heterocycles. The van der Waals surface area contributed by atoms with Crippen molar-refractivity contribution < 1.29 is 9.53 Å². The number of aromatic nitrogens is 1. The smallest absolute Gasteiger partial charge is 0.325 e.